The van der Waals surface area contributed by atoms with E-state index in [0.29, 0.717) is 6.04 Å². The van der Waals surface area contributed by atoms with Crippen LogP contribution in [0.2, 0.25) is 0 Å². The molecule has 1 unspecified atom stereocenters. The fraction of sp³-hybridized carbons (Fsp3) is 0.647. The van der Waals surface area contributed by atoms with Gasteiger partial charge in [-0.05, 0) is 49.4 Å². The third kappa shape index (κ3) is 5.08. The molecule has 1 aliphatic rings. The first-order valence-corrected chi connectivity index (χ1v) is 7.56. The number of piperidine rings is 1. The minimum Gasteiger partial charge on any atom is -0.317 e. The van der Waals surface area contributed by atoms with Gasteiger partial charge in [-0.25, -0.2) is 0 Å². The van der Waals surface area contributed by atoms with Crippen LogP contribution in [0.25, 0.3) is 0 Å². The molecule has 0 spiro atoms. The summed E-state index contributed by atoms with van der Waals surface area (Å²) in [6.07, 6.45) is 2.61. The van der Waals surface area contributed by atoms with Crippen molar-refractivity contribution < 1.29 is 0 Å². The number of hydrogen-bond donors (Lipinski definition) is 2. The van der Waals surface area contributed by atoms with E-state index in [9.17, 15) is 0 Å². The monoisotopic (exact) mass is 296 g/mol. The Morgan fingerprint density at radius 3 is 2.30 bits per heavy atom. The van der Waals surface area contributed by atoms with E-state index in [1.165, 1.54) is 31.5 Å². The van der Waals surface area contributed by atoms with E-state index in [-0.39, 0.29) is 17.8 Å². The molecule has 0 radical (unpaired) electrons. The topological polar surface area (TPSA) is 24.1 Å². The van der Waals surface area contributed by atoms with E-state index in [4.69, 9.17) is 0 Å². The largest absolute Gasteiger partial charge is 0.317 e. The van der Waals surface area contributed by atoms with Crippen LogP contribution in [-0.2, 0) is 0 Å². The first-order chi connectivity index (χ1) is 9.07. The molecule has 0 amide bonds. The second kappa shape index (κ2) is 8.02. The summed E-state index contributed by atoms with van der Waals surface area (Å²) in [5.41, 5.74) is 1.65. The van der Waals surface area contributed by atoms with E-state index in [2.05, 4.69) is 61.7 Å². The van der Waals surface area contributed by atoms with Gasteiger partial charge >= 0.3 is 0 Å². The van der Waals surface area contributed by atoms with E-state index >= 15 is 0 Å². The molecule has 2 rings (SSSR count). The quantitative estimate of drug-likeness (QED) is 0.883. The Bertz CT molecular complexity index is 366. The highest BCUT2D eigenvalue weighted by molar-refractivity contribution is 5.85. The molecular weight excluding hydrogens is 268 g/mol. The van der Waals surface area contributed by atoms with Crippen LogP contribution in [0.5, 0.6) is 0 Å². The van der Waals surface area contributed by atoms with Crippen LogP contribution in [0.3, 0.4) is 0 Å². The Morgan fingerprint density at radius 2 is 1.75 bits per heavy atom. The molecule has 0 bridgehead atoms. The second-order valence-electron chi connectivity index (χ2n) is 6.81. The lowest BCUT2D eigenvalue weighted by Gasteiger charge is -2.34. The Kier molecular flexibility index (Phi) is 7.01. The molecule has 3 heteroatoms. The minimum absolute atomic E-state index is 0. The highest BCUT2D eigenvalue weighted by Gasteiger charge is 2.26. The van der Waals surface area contributed by atoms with E-state index in [0.717, 1.165) is 12.5 Å². The SMILES string of the molecule is CC(C)(C)C(NCC1CCNCC1)c1ccccc1.Cl. The maximum Gasteiger partial charge on any atom is 0.0369 e. The molecule has 0 aliphatic carbocycles. The predicted molar refractivity (Wildman–Crippen MR) is 89.5 cm³/mol. The average Bonchev–Trinajstić information content (AvgIpc) is 2.40. The summed E-state index contributed by atoms with van der Waals surface area (Å²) in [5, 5.41) is 7.25. The molecule has 0 saturated carbocycles. The fourth-order valence-corrected chi connectivity index (χ4v) is 2.94. The second-order valence-corrected chi connectivity index (χ2v) is 6.81. The zero-order valence-electron chi connectivity index (χ0n) is 13.0. The molecule has 1 saturated heterocycles. The van der Waals surface area contributed by atoms with Crippen molar-refractivity contribution in [2.45, 2.75) is 39.7 Å². The van der Waals surface area contributed by atoms with Crippen molar-refractivity contribution in [2.24, 2.45) is 11.3 Å². The minimum atomic E-state index is 0. The molecule has 0 aromatic heterocycles. The molecule has 1 fully saturated rings. The summed E-state index contributed by atoms with van der Waals surface area (Å²) >= 11 is 0. The lowest BCUT2D eigenvalue weighted by atomic mass is 9.82. The summed E-state index contributed by atoms with van der Waals surface area (Å²) in [7, 11) is 0. The smallest absolute Gasteiger partial charge is 0.0369 e. The van der Waals surface area contributed by atoms with Crippen LogP contribution in [0, 0.1) is 11.3 Å². The highest BCUT2D eigenvalue weighted by Crippen LogP contribution is 2.32. The van der Waals surface area contributed by atoms with Crippen LogP contribution in [0.4, 0.5) is 0 Å². The van der Waals surface area contributed by atoms with Gasteiger partial charge in [-0.2, -0.15) is 0 Å². The summed E-state index contributed by atoms with van der Waals surface area (Å²) in [5.74, 6) is 0.829. The number of halogens is 1. The Morgan fingerprint density at radius 1 is 1.15 bits per heavy atom. The van der Waals surface area contributed by atoms with Gasteiger partial charge in [-0.15, -0.1) is 12.4 Å². The number of benzene rings is 1. The lowest BCUT2D eigenvalue weighted by Crippen LogP contribution is -2.38. The van der Waals surface area contributed by atoms with Crippen molar-refractivity contribution in [2.75, 3.05) is 19.6 Å². The van der Waals surface area contributed by atoms with Gasteiger partial charge in [0.15, 0.2) is 0 Å². The number of rotatable bonds is 4. The zero-order valence-corrected chi connectivity index (χ0v) is 13.8. The third-order valence-electron chi connectivity index (χ3n) is 4.07. The van der Waals surface area contributed by atoms with Crippen LogP contribution >= 0.6 is 12.4 Å². The highest BCUT2D eigenvalue weighted by atomic mass is 35.5. The van der Waals surface area contributed by atoms with Crippen molar-refractivity contribution in [1.82, 2.24) is 10.6 Å². The van der Waals surface area contributed by atoms with Gasteiger partial charge in [0, 0.05) is 6.04 Å². The molecular formula is C17H29ClN2. The third-order valence-corrected chi connectivity index (χ3v) is 4.07. The van der Waals surface area contributed by atoms with Crippen LogP contribution in [0.15, 0.2) is 30.3 Å². The van der Waals surface area contributed by atoms with Crippen LogP contribution in [-0.4, -0.2) is 19.6 Å². The first kappa shape index (κ1) is 17.5. The van der Waals surface area contributed by atoms with Crippen molar-refractivity contribution in [1.29, 1.82) is 0 Å². The fourth-order valence-electron chi connectivity index (χ4n) is 2.94. The van der Waals surface area contributed by atoms with Gasteiger partial charge in [0.25, 0.3) is 0 Å². The number of nitrogens with one attached hydrogen (secondary N) is 2. The van der Waals surface area contributed by atoms with Gasteiger partial charge in [-0.1, -0.05) is 51.1 Å². The van der Waals surface area contributed by atoms with Crippen LogP contribution < -0.4 is 10.6 Å². The molecule has 114 valence electrons. The maximum absolute atomic E-state index is 3.82. The van der Waals surface area contributed by atoms with Gasteiger partial charge in [-0.3, -0.25) is 0 Å². The Hall–Kier alpha value is -0.570. The van der Waals surface area contributed by atoms with Crippen molar-refractivity contribution in [3.05, 3.63) is 35.9 Å². The molecule has 1 heterocycles. The van der Waals surface area contributed by atoms with E-state index in [1.54, 1.807) is 0 Å². The van der Waals surface area contributed by atoms with E-state index < -0.39 is 0 Å². The normalized spacial score (nSPS) is 18.4. The van der Waals surface area contributed by atoms with Crippen molar-refractivity contribution >= 4 is 12.4 Å². The molecule has 1 aromatic rings. The van der Waals surface area contributed by atoms with Gasteiger partial charge in [0.1, 0.15) is 0 Å². The standard InChI is InChI=1S/C17H28N2.ClH/c1-17(2,3)16(15-7-5-4-6-8-15)19-13-14-9-11-18-12-10-14;/h4-8,14,16,18-19H,9-13H2,1-3H3;1H. The maximum atomic E-state index is 3.82. The summed E-state index contributed by atoms with van der Waals surface area (Å²) in [4.78, 5) is 0. The Balaban J connectivity index is 0.00000200. The predicted octanol–water partition coefficient (Wildman–Crippen LogP) is 3.78. The van der Waals surface area contributed by atoms with Crippen molar-refractivity contribution in [3.8, 4) is 0 Å². The van der Waals surface area contributed by atoms with Gasteiger partial charge < -0.3 is 10.6 Å². The molecule has 2 N–H and O–H groups in total. The van der Waals surface area contributed by atoms with Gasteiger partial charge in [0.2, 0.25) is 0 Å². The molecule has 1 aliphatic heterocycles. The lowest BCUT2D eigenvalue weighted by molar-refractivity contribution is 0.246. The molecule has 1 aromatic carbocycles. The Labute approximate surface area is 130 Å². The zero-order chi connectivity index (χ0) is 13.7. The first-order valence-electron chi connectivity index (χ1n) is 7.56. The average molecular weight is 297 g/mol. The van der Waals surface area contributed by atoms with Gasteiger partial charge in [0.05, 0.1) is 0 Å². The summed E-state index contributed by atoms with van der Waals surface area (Å²) in [6.45, 7) is 10.5. The van der Waals surface area contributed by atoms with Crippen LogP contribution in [0.1, 0.15) is 45.2 Å². The summed E-state index contributed by atoms with van der Waals surface area (Å²) < 4.78 is 0. The number of hydrogen-bond acceptors (Lipinski definition) is 2. The summed E-state index contributed by atoms with van der Waals surface area (Å²) in [6, 6.07) is 11.3. The molecule has 2 nitrogen and oxygen atoms in total. The van der Waals surface area contributed by atoms with Crippen molar-refractivity contribution in [3.63, 3.8) is 0 Å². The molecule has 20 heavy (non-hydrogen) atoms. The molecule has 1 atom stereocenters. The van der Waals surface area contributed by atoms with E-state index in [1.807, 2.05) is 0 Å².